The Kier molecular flexibility index (Phi) is 3.27. The summed E-state index contributed by atoms with van der Waals surface area (Å²) in [5.41, 5.74) is 2.50. The molecule has 25 heavy (non-hydrogen) atoms. The van der Waals surface area contributed by atoms with Gasteiger partial charge >= 0.3 is 0 Å². The number of aromatic nitrogens is 2. The van der Waals surface area contributed by atoms with Crippen molar-refractivity contribution in [1.82, 2.24) is 14.9 Å². The summed E-state index contributed by atoms with van der Waals surface area (Å²) in [6.45, 7) is 3.50. The number of hydrogen-bond acceptors (Lipinski definition) is 5. The molecule has 2 N–H and O–H groups in total. The van der Waals surface area contributed by atoms with Crippen molar-refractivity contribution in [2.45, 2.75) is 44.9 Å². The van der Waals surface area contributed by atoms with Crippen LogP contribution in [0.1, 0.15) is 30.7 Å². The molecule has 130 valence electrons. The molecule has 5 rings (SSSR count). The average Bonchev–Trinajstić information content (AvgIpc) is 2.93. The molecule has 1 aliphatic carbocycles. The number of aliphatic hydroxyl groups is 1. The van der Waals surface area contributed by atoms with Crippen molar-refractivity contribution < 1.29 is 9.52 Å². The van der Waals surface area contributed by atoms with Crippen LogP contribution in [0.2, 0.25) is 0 Å². The predicted molar refractivity (Wildman–Crippen MR) is 94.4 cm³/mol. The number of furan rings is 1. The normalized spacial score (nSPS) is 26.7. The molecule has 0 bridgehead atoms. The predicted octanol–water partition coefficient (Wildman–Crippen LogP) is 2.32. The molecule has 0 spiro atoms. The van der Waals surface area contributed by atoms with Gasteiger partial charge in [-0.3, -0.25) is 9.69 Å². The molecule has 2 aliphatic rings. The first-order valence-electron chi connectivity index (χ1n) is 8.94. The van der Waals surface area contributed by atoms with E-state index in [1.165, 1.54) is 0 Å². The summed E-state index contributed by atoms with van der Waals surface area (Å²) in [7, 11) is 0. The van der Waals surface area contributed by atoms with Crippen LogP contribution in [0, 0.1) is 12.8 Å². The van der Waals surface area contributed by atoms with Gasteiger partial charge in [-0.2, -0.15) is 0 Å². The number of aliphatic hydroxyl groups excluding tert-OH is 1. The van der Waals surface area contributed by atoms with Crippen molar-refractivity contribution in [3.05, 3.63) is 39.9 Å². The molecular weight excluding hydrogens is 318 g/mol. The molecule has 6 heteroatoms. The van der Waals surface area contributed by atoms with Crippen LogP contribution in [0.4, 0.5) is 0 Å². The fraction of sp³-hybridized carbons (Fsp3) is 0.474. The maximum Gasteiger partial charge on any atom is 0.294 e. The van der Waals surface area contributed by atoms with Crippen LogP contribution in [0.25, 0.3) is 22.1 Å². The third kappa shape index (κ3) is 2.32. The van der Waals surface area contributed by atoms with E-state index in [0.29, 0.717) is 41.0 Å². The van der Waals surface area contributed by atoms with E-state index in [1.807, 2.05) is 25.1 Å². The van der Waals surface area contributed by atoms with E-state index in [4.69, 9.17) is 9.40 Å². The van der Waals surface area contributed by atoms with E-state index in [9.17, 15) is 9.90 Å². The SMILES string of the molecule is Cc1ccc2oc3c(=O)[nH]c(CN4CC5C(O)CCCC54)nc3c2c1. The fourth-order valence-corrected chi connectivity index (χ4v) is 4.45. The molecule has 0 amide bonds. The maximum atomic E-state index is 12.4. The minimum Gasteiger partial charge on any atom is -0.449 e. The van der Waals surface area contributed by atoms with E-state index in [2.05, 4.69) is 9.88 Å². The molecule has 1 aliphatic heterocycles. The van der Waals surface area contributed by atoms with E-state index in [0.717, 1.165) is 36.8 Å². The highest BCUT2D eigenvalue weighted by atomic mass is 16.3. The van der Waals surface area contributed by atoms with E-state index < -0.39 is 0 Å². The Morgan fingerprint density at radius 2 is 2.28 bits per heavy atom. The highest BCUT2D eigenvalue weighted by Gasteiger charge is 2.44. The first-order chi connectivity index (χ1) is 12.1. The van der Waals surface area contributed by atoms with Gasteiger partial charge in [0.05, 0.1) is 12.6 Å². The van der Waals surface area contributed by atoms with Crippen molar-refractivity contribution in [1.29, 1.82) is 0 Å². The van der Waals surface area contributed by atoms with E-state index >= 15 is 0 Å². The molecule has 3 unspecified atom stereocenters. The van der Waals surface area contributed by atoms with Crippen molar-refractivity contribution in [2.75, 3.05) is 6.54 Å². The number of benzene rings is 1. The number of aryl methyl sites for hydroxylation is 1. The van der Waals surface area contributed by atoms with Crippen LogP contribution in [-0.2, 0) is 6.54 Å². The zero-order valence-corrected chi connectivity index (χ0v) is 14.2. The van der Waals surface area contributed by atoms with Gasteiger partial charge in [0.1, 0.15) is 16.9 Å². The Hall–Kier alpha value is -2.18. The third-order valence-corrected chi connectivity index (χ3v) is 5.78. The first-order valence-corrected chi connectivity index (χ1v) is 8.94. The number of H-pyrrole nitrogens is 1. The Morgan fingerprint density at radius 3 is 3.16 bits per heavy atom. The molecule has 1 aromatic carbocycles. The summed E-state index contributed by atoms with van der Waals surface area (Å²) in [5.74, 6) is 1.04. The number of hydrogen-bond donors (Lipinski definition) is 2. The molecule has 3 heterocycles. The lowest BCUT2D eigenvalue weighted by molar-refractivity contribution is -0.0927. The largest absolute Gasteiger partial charge is 0.449 e. The van der Waals surface area contributed by atoms with Gasteiger partial charge in [-0.05, 0) is 38.3 Å². The second kappa shape index (κ2) is 5.41. The molecule has 6 nitrogen and oxygen atoms in total. The van der Waals surface area contributed by atoms with E-state index in [-0.39, 0.29) is 11.7 Å². The summed E-state index contributed by atoms with van der Waals surface area (Å²) in [6.07, 6.45) is 2.91. The van der Waals surface area contributed by atoms with Crippen LogP contribution in [0.3, 0.4) is 0 Å². The van der Waals surface area contributed by atoms with Crippen LogP contribution < -0.4 is 5.56 Å². The molecule has 2 aromatic heterocycles. The number of fused-ring (bicyclic) bond motifs is 4. The lowest BCUT2D eigenvalue weighted by Gasteiger charge is -2.52. The second-order valence-electron chi connectivity index (χ2n) is 7.45. The van der Waals surface area contributed by atoms with Crippen LogP contribution in [0.15, 0.2) is 27.4 Å². The quantitative estimate of drug-likeness (QED) is 0.749. The summed E-state index contributed by atoms with van der Waals surface area (Å²) in [6, 6.07) is 6.27. The maximum absolute atomic E-state index is 12.4. The van der Waals surface area contributed by atoms with Gasteiger partial charge in [-0.25, -0.2) is 4.98 Å². The number of nitrogens with zero attached hydrogens (tertiary/aromatic N) is 2. The zero-order chi connectivity index (χ0) is 17.1. The number of aromatic amines is 1. The molecule has 0 radical (unpaired) electrons. The van der Waals surface area contributed by atoms with Gasteiger partial charge < -0.3 is 14.5 Å². The zero-order valence-electron chi connectivity index (χ0n) is 14.2. The van der Waals surface area contributed by atoms with Crippen molar-refractivity contribution in [3.63, 3.8) is 0 Å². The van der Waals surface area contributed by atoms with Gasteiger partial charge in [0.15, 0.2) is 0 Å². The van der Waals surface area contributed by atoms with Crippen LogP contribution in [-0.4, -0.2) is 38.7 Å². The topological polar surface area (TPSA) is 82.4 Å². The van der Waals surface area contributed by atoms with Crippen molar-refractivity contribution in [3.8, 4) is 0 Å². The number of nitrogens with one attached hydrogen (secondary N) is 1. The Morgan fingerprint density at radius 1 is 1.40 bits per heavy atom. The first kappa shape index (κ1) is 15.1. The summed E-state index contributed by atoms with van der Waals surface area (Å²) < 4.78 is 5.69. The average molecular weight is 339 g/mol. The molecule has 2 fully saturated rings. The van der Waals surface area contributed by atoms with Crippen molar-refractivity contribution >= 4 is 22.1 Å². The second-order valence-corrected chi connectivity index (χ2v) is 7.45. The Labute approximate surface area is 144 Å². The summed E-state index contributed by atoms with van der Waals surface area (Å²) in [4.78, 5) is 22.3. The molecule has 3 atom stereocenters. The van der Waals surface area contributed by atoms with Gasteiger partial charge in [0.25, 0.3) is 5.56 Å². The highest BCUT2D eigenvalue weighted by Crippen LogP contribution is 2.38. The minimum absolute atomic E-state index is 0.176. The van der Waals surface area contributed by atoms with Crippen molar-refractivity contribution in [2.24, 2.45) is 5.92 Å². The van der Waals surface area contributed by atoms with Gasteiger partial charge in [0, 0.05) is 23.9 Å². The Balaban J connectivity index is 1.51. The van der Waals surface area contributed by atoms with E-state index in [1.54, 1.807) is 0 Å². The lowest BCUT2D eigenvalue weighted by atomic mass is 9.75. The Bertz CT molecular complexity index is 1020. The summed E-state index contributed by atoms with van der Waals surface area (Å²) >= 11 is 0. The monoisotopic (exact) mass is 339 g/mol. The van der Waals surface area contributed by atoms with Gasteiger partial charge in [0.2, 0.25) is 5.58 Å². The number of rotatable bonds is 2. The van der Waals surface area contributed by atoms with Crippen LogP contribution >= 0.6 is 0 Å². The lowest BCUT2D eigenvalue weighted by Crippen LogP contribution is -2.61. The standard InChI is InChI=1S/C19H21N3O3/c1-10-5-6-15-11(7-10)17-18(25-15)19(24)21-16(20-17)9-22-8-12-13(22)3-2-4-14(12)23/h5-7,12-14,23H,2-4,8-9H2,1H3,(H,20,21,24). The molecule has 1 saturated heterocycles. The third-order valence-electron chi connectivity index (χ3n) is 5.78. The van der Waals surface area contributed by atoms with Crippen LogP contribution in [0.5, 0.6) is 0 Å². The highest BCUT2D eigenvalue weighted by molar-refractivity contribution is 6.02. The fourth-order valence-electron chi connectivity index (χ4n) is 4.45. The number of likely N-dealkylation sites (tertiary alicyclic amines) is 1. The smallest absolute Gasteiger partial charge is 0.294 e. The summed E-state index contributed by atoms with van der Waals surface area (Å²) in [5, 5.41) is 11.0. The molecule has 3 aromatic rings. The van der Waals surface area contributed by atoms with Gasteiger partial charge in [-0.1, -0.05) is 11.6 Å². The molecule has 1 saturated carbocycles. The van der Waals surface area contributed by atoms with Gasteiger partial charge in [-0.15, -0.1) is 0 Å². The minimum atomic E-state index is -0.227. The molecular formula is C19H21N3O3.